The highest BCUT2D eigenvalue weighted by molar-refractivity contribution is 5.94. The van der Waals surface area contributed by atoms with E-state index in [-0.39, 0.29) is 24.9 Å². The first-order chi connectivity index (χ1) is 14.8. The molecule has 0 bridgehead atoms. The number of aryl methyl sites for hydroxylation is 1. The van der Waals surface area contributed by atoms with Crippen LogP contribution in [-0.4, -0.2) is 30.5 Å². The normalized spacial score (nSPS) is 10.7. The molecule has 1 heterocycles. The van der Waals surface area contributed by atoms with E-state index in [1.165, 1.54) is 7.11 Å². The lowest BCUT2D eigenvalue weighted by atomic mass is 10.1. The Morgan fingerprint density at radius 2 is 1.87 bits per heavy atom. The fourth-order valence-corrected chi connectivity index (χ4v) is 2.76. The Labute approximate surface area is 175 Å². The quantitative estimate of drug-likeness (QED) is 0.556. The van der Waals surface area contributed by atoms with Crippen LogP contribution in [0.25, 0.3) is 11.5 Å². The van der Waals surface area contributed by atoms with Crippen molar-refractivity contribution in [3.63, 3.8) is 0 Å². The summed E-state index contributed by atoms with van der Waals surface area (Å²) in [5, 5.41) is 4.96. The number of amides is 2. The molecule has 3 rings (SSSR count). The van der Waals surface area contributed by atoms with E-state index in [1.807, 2.05) is 0 Å². The molecule has 3 aromatic rings. The van der Waals surface area contributed by atoms with Gasteiger partial charge in [-0.3, -0.25) is 9.59 Å². The van der Waals surface area contributed by atoms with Gasteiger partial charge in [-0.15, -0.1) is 0 Å². The van der Waals surface area contributed by atoms with E-state index < -0.39 is 28.9 Å². The first kappa shape index (κ1) is 22.0. The van der Waals surface area contributed by atoms with Gasteiger partial charge in [0.15, 0.2) is 11.6 Å². The van der Waals surface area contributed by atoms with Crippen LogP contribution in [-0.2, 0) is 16.1 Å². The molecule has 0 aliphatic rings. The summed E-state index contributed by atoms with van der Waals surface area (Å²) in [5.74, 6) is -4.95. The highest BCUT2D eigenvalue weighted by Gasteiger charge is 2.21. The van der Waals surface area contributed by atoms with E-state index >= 15 is 0 Å². The van der Waals surface area contributed by atoms with Gasteiger partial charge in [-0.25, -0.2) is 18.2 Å². The summed E-state index contributed by atoms with van der Waals surface area (Å²) in [5.41, 5.74) is 0.357. The van der Waals surface area contributed by atoms with Crippen molar-refractivity contribution in [3.8, 4) is 11.5 Å². The van der Waals surface area contributed by atoms with Crippen molar-refractivity contribution in [2.24, 2.45) is 0 Å². The summed E-state index contributed by atoms with van der Waals surface area (Å²) in [4.78, 5) is 28.1. The second kappa shape index (κ2) is 9.43. The third-order valence-electron chi connectivity index (χ3n) is 4.25. The minimum absolute atomic E-state index is 0.0985. The molecule has 2 N–H and O–H groups in total. The van der Waals surface area contributed by atoms with Crippen molar-refractivity contribution < 1.29 is 31.9 Å². The van der Waals surface area contributed by atoms with Crippen LogP contribution in [0.3, 0.4) is 0 Å². The number of ether oxygens (including phenoxy) is 1. The maximum Gasteiger partial charge on any atom is 0.257 e. The SMILES string of the molecule is COCC(=O)Nc1cccc(-c2nc(CNC(=O)c3c(F)ccc(F)c3F)c(C)o2)c1. The molecule has 0 atom stereocenters. The second-order valence-electron chi connectivity index (χ2n) is 6.48. The number of carbonyl (C=O) groups excluding carboxylic acids is 2. The van der Waals surface area contributed by atoms with Crippen LogP contribution in [0.5, 0.6) is 0 Å². The largest absolute Gasteiger partial charge is 0.441 e. The van der Waals surface area contributed by atoms with Gasteiger partial charge in [0.25, 0.3) is 5.91 Å². The third kappa shape index (κ3) is 5.10. The summed E-state index contributed by atoms with van der Waals surface area (Å²) >= 11 is 0. The molecule has 0 spiro atoms. The smallest absolute Gasteiger partial charge is 0.257 e. The number of oxazole rings is 1. The van der Waals surface area contributed by atoms with Crippen molar-refractivity contribution >= 4 is 17.5 Å². The zero-order valence-electron chi connectivity index (χ0n) is 16.6. The predicted molar refractivity (Wildman–Crippen MR) is 105 cm³/mol. The van der Waals surface area contributed by atoms with E-state index in [9.17, 15) is 22.8 Å². The van der Waals surface area contributed by atoms with Crippen molar-refractivity contribution in [1.29, 1.82) is 0 Å². The molecule has 0 aliphatic carbocycles. The minimum atomic E-state index is -1.57. The number of nitrogens with zero attached hydrogens (tertiary/aromatic N) is 1. The van der Waals surface area contributed by atoms with Crippen LogP contribution in [0, 0.1) is 24.4 Å². The van der Waals surface area contributed by atoms with Gasteiger partial charge >= 0.3 is 0 Å². The van der Waals surface area contributed by atoms with Gasteiger partial charge in [0.2, 0.25) is 11.8 Å². The zero-order chi connectivity index (χ0) is 22.5. The number of anilines is 1. The Morgan fingerprint density at radius 1 is 1.13 bits per heavy atom. The third-order valence-corrected chi connectivity index (χ3v) is 4.25. The van der Waals surface area contributed by atoms with Gasteiger partial charge < -0.3 is 19.8 Å². The number of carbonyl (C=O) groups is 2. The fourth-order valence-electron chi connectivity index (χ4n) is 2.76. The average Bonchev–Trinajstić information content (AvgIpc) is 3.10. The van der Waals surface area contributed by atoms with Gasteiger partial charge in [-0.1, -0.05) is 6.07 Å². The number of hydrogen-bond donors (Lipinski definition) is 2. The molecule has 2 amide bonds. The highest BCUT2D eigenvalue weighted by Crippen LogP contribution is 2.24. The number of halogens is 3. The van der Waals surface area contributed by atoms with Crippen LogP contribution in [0.15, 0.2) is 40.8 Å². The summed E-state index contributed by atoms with van der Waals surface area (Å²) in [6.07, 6.45) is 0. The zero-order valence-corrected chi connectivity index (χ0v) is 16.6. The number of benzene rings is 2. The number of nitrogens with one attached hydrogen (secondary N) is 2. The van der Waals surface area contributed by atoms with Crippen LogP contribution in [0.1, 0.15) is 21.8 Å². The maximum atomic E-state index is 13.8. The Morgan fingerprint density at radius 3 is 2.61 bits per heavy atom. The Kier molecular flexibility index (Phi) is 6.71. The maximum absolute atomic E-state index is 13.8. The molecule has 1 aromatic heterocycles. The molecule has 0 fully saturated rings. The van der Waals surface area contributed by atoms with Crippen molar-refractivity contribution in [2.75, 3.05) is 19.0 Å². The highest BCUT2D eigenvalue weighted by atomic mass is 19.2. The lowest BCUT2D eigenvalue weighted by molar-refractivity contribution is -0.119. The molecule has 7 nitrogen and oxygen atoms in total. The monoisotopic (exact) mass is 433 g/mol. The lowest BCUT2D eigenvalue weighted by Gasteiger charge is -2.06. The Hall–Kier alpha value is -3.66. The Bertz CT molecular complexity index is 1130. The standard InChI is InChI=1S/C21H18F3N3O4/c1-11-16(9-25-20(29)18-14(22)6-7-15(23)19(18)24)27-21(31-11)12-4-3-5-13(8-12)26-17(28)10-30-2/h3-8H,9-10H2,1-2H3,(H,25,29)(H,26,28). The molecule has 0 unspecified atom stereocenters. The van der Waals surface area contributed by atoms with E-state index in [4.69, 9.17) is 9.15 Å². The van der Waals surface area contributed by atoms with E-state index in [0.29, 0.717) is 34.8 Å². The number of rotatable bonds is 7. The summed E-state index contributed by atoms with van der Waals surface area (Å²) < 4.78 is 51.2. The van der Waals surface area contributed by atoms with Crippen molar-refractivity contribution in [1.82, 2.24) is 10.3 Å². The molecule has 0 aliphatic heterocycles. The topological polar surface area (TPSA) is 93.5 Å². The van der Waals surface area contributed by atoms with Crippen LogP contribution < -0.4 is 10.6 Å². The first-order valence-electron chi connectivity index (χ1n) is 9.07. The number of aromatic nitrogens is 1. The summed E-state index contributed by atoms with van der Waals surface area (Å²) in [7, 11) is 1.41. The minimum Gasteiger partial charge on any atom is -0.441 e. The summed E-state index contributed by atoms with van der Waals surface area (Å²) in [6.45, 7) is 1.30. The van der Waals surface area contributed by atoms with Crippen molar-refractivity contribution in [2.45, 2.75) is 13.5 Å². The molecule has 10 heteroatoms. The Balaban J connectivity index is 1.74. The van der Waals surface area contributed by atoms with E-state index in [0.717, 1.165) is 0 Å². The molecule has 162 valence electrons. The van der Waals surface area contributed by atoms with E-state index in [2.05, 4.69) is 15.6 Å². The van der Waals surface area contributed by atoms with Gasteiger partial charge in [-0.05, 0) is 37.3 Å². The van der Waals surface area contributed by atoms with Gasteiger partial charge in [0, 0.05) is 18.4 Å². The molecule has 31 heavy (non-hydrogen) atoms. The number of methoxy groups -OCH3 is 1. The van der Waals surface area contributed by atoms with Crippen molar-refractivity contribution in [3.05, 3.63) is 70.9 Å². The average molecular weight is 433 g/mol. The van der Waals surface area contributed by atoms with Crippen LogP contribution >= 0.6 is 0 Å². The van der Waals surface area contributed by atoms with Gasteiger partial charge in [0.1, 0.15) is 29.4 Å². The second-order valence-corrected chi connectivity index (χ2v) is 6.48. The number of hydrogen-bond acceptors (Lipinski definition) is 5. The van der Waals surface area contributed by atoms with Gasteiger partial charge in [0.05, 0.1) is 6.54 Å². The predicted octanol–water partition coefficient (Wildman–Crippen LogP) is 3.58. The lowest BCUT2D eigenvalue weighted by Crippen LogP contribution is -2.26. The molecule has 2 aromatic carbocycles. The first-order valence-corrected chi connectivity index (χ1v) is 9.07. The molecule has 0 saturated heterocycles. The van der Waals surface area contributed by atoms with E-state index in [1.54, 1.807) is 31.2 Å². The van der Waals surface area contributed by atoms with Crippen LogP contribution in [0.4, 0.5) is 18.9 Å². The fraction of sp³-hybridized carbons (Fsp3) is 0.190. The molecule has 0 radical (unpaired) electrons. The van der Waals surface area contributed by atoms with Crippen LogP contribution in [0.2, 0.25) is 0 Å². The van der Waals surface area contributed by atoms with Gasteiger partial charge in [-0.2, -0.15) is 0 Å². The molecular weight excluding hydrogens is 415 g/mol. The summed E-state index contributed by atoms with van der Waals surface area (Å²) in [6, 6.07) is 7.98. The molecular formula is C21H18F3N3O4. The molecule has 0 saturated carbocycles.